The first-order valence-electron chi connectivity index (χ1n) is 20.5. The summed E-state index contributed by atoms with van der Waals surface area (Å²) in [7, 11) is 6.29. The number of hydrogen-bond acceptors (Lipinski definition) is 8. The molecule has 0 aliphatic carbocycles. The third-order valence-electron chi connectivity index (χ3n) is 11.5. The van der Waals surface area contributed by atoms with Gasteiger partial charge in [-0.25, -0.2) is 4.79 Å². The molecule has 2 rings (SSSR count). The van der Waals surface area contributed by atoms with E-state index in [4.69, 9.17) is 9.47 Å². The molecule has 1 aliphatic heterocycles. The van der Waals surface area contributed by atoms with Crippen molar-refractivity contribution < 1.29 is 43.3 Å². The highest BCUT2D eigenvalue weighted by Gasteiger charge is 2.43. The summed E-state index contributed by atoms with van der Waals surface area (Å²) in [6.07, 6.45) is 0.603. The minimum absolute atomic E-state index is 0.0506. The summed E-state index contributed by atoms with van der Waals surface area (Å²) in [4.78, 5) is 85.7. The topological polar surface area (TPSA) is 175 Å². The number of likely N-dealkylation sites (N-methyl/N-ethyl adjacent to an activating group) is 2. The number of nitrogens with one attached hydrogen (secondary N) is 2. The molecular weight excluding hydrogens is 730 g/mol. The fraction of sp³-hybridized carbons (Fsp3) is 0.721. The van der Waals surface area contributed by atoms with Crippen LogP contribution in [0.15, 0.2) is 30.3 Å². The second-order valence-corrected chi connectivity index (χ2v) is 16.7. The number of ether oxygens (including phenoxy) is 2. The van der Waals surface area contributed by atoms with Crippen LogP contribution in [-0.2, 0) is 44.7 Å². The molecule has 5 amide bonds. The molecule has 57 heavy (non-hydrogen) atoms. The number of benzene rings is 1. The van der Waals surface area contributed by atoms with E-state index in [9.17, 15) is 33.9 Å². The highest BCUT2D eigenvalue weighted by molar-refractivity contribution is 5.93. The van der Waals surface area contributed by atoms with Crippen molar-refractivity contribution in [3.63, 3.8) is 0 Å². The summed E-state index contributed by atoms with van der Waals surface area (Å²) in [6, 6.07) is 5.25. The van der Waals surface area contributed by atoms with Gasteiger partial charge >= 0.3 is 5.97 Å². The zero-order valence-corrected chi connectivity index (χ0v) is 36.6. The molecule has 14 nitrogen and oxygen atoms in total. The van der Waals surface area contributed by atoms with Gasteiger partial charge in [-0.05, 0) is 36.2 Å². The number of aliphatic carboxylic acids is 1. The number of carboxylic acids is 1. The summed E-state index contributed by atoms with van der Waals surface area (Å²) in [5.41, 5.74) is 0.774. The maximum absolute atomic E-state index is 14.4. The predicted octanol–water partition coefficient (Wildman–Crippen LogP) is 4.00. The maximum atomic E-state index is 14.4. The van der Waals surface area contributed by atoms with Gasteiger partial charge in [0.25, 0.3) is 0 Å². The minimum Gasteiger partial charge on any atom is -0.480 e. The molecule has 14 heteroatoms. The van der Waals surface area contributed by atoms with Crippen LogP contribution in [0.2, 0.25) is 0 Å². The Morgan fingerprint density at radius 3 is 1.95 bits per heavy atom. The molecule has 0 spiro atoms. The van der Waals surface area contributed by atoms with Gasteiger partial charge in [0, 0.05) is 47.2 Å². The number of hydrogen-bond donors (Lipinski definition) is 3. The van der Waals surface area contributed by atoms with E-state index in [0.29, 0.717) is 25.8 Å². The Labute approximate surface area is 340 Å². The van der Waals surface area contributed by atoms with E-state index in [-0.39, 0.29) is 54.2 Å². The molecule has 0 saturated carbocycles. The summed E-state index contributed by atoms with van der Waals surface area (Å²) < 4.78 is 11.9. The molecule has 3 N–H and O–H groups in total. The highest BCUT2D eigenvalue weighted by Crippen LogP contribution is 2.30. The van der Waals surface area contributed by atoms with Gasteiger partial charge in [0.05, 0.1) is 36.6 Å². The Kier molecular flexibility index (Phi) is 19.6. The van der Waals surface area contributed by atoms with Crippen LogP contribution in [0.25, 0.3) is 0 Å². The summed E-state index contributed by atoms with van der Waals surface area (Å²) in [5, 5.41) is 15.5. The molecule has 0 aromatic heterocycles. The quantitative estimate of drug-likeness (QED) is 0.157. The largest absolute Gasteiger partial charge is 0.480 e. The summed E-state index contributed by atoms with van der Waals surface area (Å²) in [6.45, 7) is 17.1. The van der Waals surface area contributed by atoms with E-state index >= 15 is 0 Å². The zero-order valence-electron chi connectivity index (χ0n) is 36.6. The molecule has 0 bridgehead atoms. The molecule has 0 radical (unpaired) electrons. The van der Waals surface area contributed by atoms with Gasteiger partial charge in [-0.3, -0.25) is 24.0 Å². The first kappa shape index (κ1) is 49.1. The van der Waals surface area contributed by atoms with Crippen LogP contribution >= 0.6 is 0 Å². The average molecular weight is 802 g/mol. The van der Waals surface area contributed by atoms with Gasteiger partial charge in [0.2, 0.25) is 29.5 Å². The normalized spacial score (nSPS) is 18.6. The Bertz CT molecular complexity index is 1490. The molecule has 1 aromatic rings. The van der Waals surface area contributed by atoms with Crippen LogP contribution in [0.5, 0.6) is 0 Å². The van der Waals surface area contributed by atoms with Crippen LogP contribution < -0.4 is 10.6 Å². The van der Waals surface area contributed by atoms with Crippen molar-refractivity contribution in [1.82, 2.24) is 25.3 Å². The zero-order chi connectivity index (χ0) is 43.3. The van der Waals surface area contributed by atoms with Gasteiger partial charge in [-0.2, -0.15) is 0 Å². The lowest BCUT2D eigenvalue weighted by Crippen LogP contribution is -2.60. The van der Waals surface area contributed by atoms with Crippen LogP contribution in [-0.4, -0.2) is 133 Å². The van der Waals surface area contributed by atoms with E-state index in [1.807, 2.05) is 59.7 Å². The fourth-order valence-electron chi connectivity index (χ4n) is 8.10. The van der Waals surface area contributed by atoms with Crippen LogP contribution in [0, 0.1) is 29.6 Å². The molecule has 1 heterocycles. The monoisotopic (exact) mass is 802 g/mol. The Hall–Kier alpha value is -4.04. The molecule has 322 valence electrons. The number of carbonyl (C=O) groups excluding carboxylic acids is 5. The number of nitrogens with zero attached hydrogens (tertiary/aromatic N) is 3. The van der Waals surface area contributed by atoms with Crippen molar-refractivity contribution in [3.8, 4) is 0 Å². The highest BCUT2D eigenvalue weighted by atomic mass is 16.5. The van der Waals surface area contributed by atoms with Gasteiger partial charge in [-0.1, -0.05) is 99.1 Å². The molecule has 2 unspecified atom stereocenters. The van der Waals surface area contributed by atoms with E-state index in [0.717, 1.165) is 5.56 Å². The predicted molar refractivity (Wildman–Crippen MR) is 219 cm³/mol. The van der Waals surface area contributed by atoms with Crippen molar-refractivity contribution in [1.29, 1.82) is 0 Å². The number of methoxy groups -OCH3 is 2. The third kappa shape index (κ3) is 13.0. The first-order valence-corrected chi connectivity index (χ1v) is 20.5. The molecule has 1 fully saturated rings. The van der Waals surface area contributed by atoms with Crippen LogP contribution in [0.4, 0.5) is 0 Å². The standard InChI is InChI=1S/C43H71N5O9/c1-14-28(8)37(47(11)42(53)35(25(2)3)45-40(51)36(26(4)5)46(10)41(52)27(6)7)33(56-12)24-34(49)48-22-18-21-32(48)38(57-13)29(9)39(50)44-31(43(54)55)23-30-19-16-15-17-20-30/h15-17,19-20,25-29,31-33,35-38H,14,18,21-24H2,1-13H3,(H,44,50)(H,45,51)(H,54,55)/t28-,29+,31-,32-,33+,35-,36?,37?,38+/m0/s1. The number of amides is 5. The Balaban J connectivity index is 2.30. The molecule has 1 aromatic carbocycles. The average Bonchev–Trinajstić information content (AvgIpc) is 3.65. The van der Waals surface area contributed by atoms with E-state index < -0.39 is 66.1 Å². The van der Waals surface area contributed by atoms with Crippen molar-refractivity contribution >= 4 is 35.5 Å². The molecular formula is C43H71N5O9. The lowest BCUT2D eigenvalue weighted by atomic mass is 9.89. The summed E-state index contributed by atoms with van der Waals surface area (Å²) in [5.74, 6) is -4.43. The van der Waals surface area contributed by atoms with Crippen LogP contribution in [0.3, 0.4) is 0 Å². The third-order valence-corrected chi connectivity index (χ3v) is 11.5. The minimum atomic E-state index is -1.15. The Morgan fingerprint density at radius 1 is 0.842 bits per heavy atom. The second kappa shape index (κ2) is 22.8. The maximum Gasteiger partial charge on any atom is 0.326 e. The lowest BCUT2D eigenvalue weighted by Gasteiger charge is -2.41. The summed E-state index contributed by atoms with van der Waals surface area (Å²) >= 11 is 0. The number of carbonyl (C=O) groups is 6. The van der Waals surface area contributed by atoms with Crippen molar-refractivity contribution in [2.75, 3.05) is 34.9 Å². The smallest absolute Gasteiger partial charge is 0.326 e. The SMILES string of the molecule is CC[C@H](C)C([C@@H](CC(=O)N1CCC[C@H]1[C@H](OC)[C@@H](C)C(=O)N[C@@H](Cc1ccccc1)C(=O)O)OC)N(C)C(=O)[C@@H](NC(=O)C(C(C)C)N(C)C(=O)C(C)C)C(C)C. The fourth-order valence-corrected chi connectivity index (χ4v) is 8.10. The van der Waals surface area contributed by atoms with Crippen molar-refractivity contribution in [2.45, 2.75) is 137 Å². The van der Waals surface area contributed by atoms with E-state index in [1.165, 1.54) is 19.1 Å². The van der Waals surface area contributed by atoms with Crippen molar-refractivity contribution in [2.24, 2.45) is 29.6 Å². The second-order valence-electron chi connectivity index (χ2n) is 16.7. The van der Waals surface area contributed by atoms with Gasteiger partial charge in [0.1, 0.15) is 18.1 Å². The number of likely N-dealkylation sites (tertiary alicyclic amines) is 1. The molecule has 1 saturated heterocycles. The first-order chi connectivity index (χ1) is 26.7. The molecule has 9 atom stereocenters. The van der Waals surface area contributed by atoms with Gasteiger partial charge in [-0.15, -0.1) is 0 Å². The van der Waals surface area contributed by atoms with Gasteiger partial charge in [0.15, 0.2) is 0 Å². The Morgan fingerprint density at radius 2 is 1.46 bits per heavy atom. The lowest BCUT2D eigenvalue weighted by molar-refractivity contribution is -0.149. The van der Waals surface area contributed by atoms with E-state index in [1.54, 1.807) is 56.8 Å². The van der Waals surface area contributed by atoms with E-state index in [2.05, 4.69) is 10.6 Å². The van der Waals surface area contributed by atoms with Gasteiger partial charge < -0.3 is 39.9 Å². The number of rotatable bonds is 22. The van der Waals surface area contributed by atoms with Crippen molar-refractivity contribution in [3.05, 3.63) is 35.9 Å². The molecule has 1 aliphatic rings. The van der Waals surface area contributed by atoms with Crippen LogP contribution in [0.1, 0.15) is 93.6 Å². The number of carboxylic acid groups (broad SMARTS) is 1.